The van der Waals surface area contributed by atoms with Crippen molar-refractivity contribution in [1.29, 1.82) is 0 Å². The lowest BCUT2D eigenvalue weighted by Crippen LogP contribution is -2.34. The number of nitrogens with zero attached hydrogens (tertiary/aromatic N) is 1. The molecule has 0 radical (unpaired) electrons. The molecule has 0 spiro atoms. The number of amides is 1. The molecular formula is C17H20N2O2. The molecule has 4 heteroatoms. The van der Waals surface area contributed by atoms with Crippen molar-refractivity contribution in [3.63, 3.8) is 0 Å². The highest BCUT2D eigenvalue weighted by Crippen LogP contribution is 2.34. The molecule has 4 nitrogen and oxygen atoms in total. The van der Waals surface area contributed by atoms with Gasteiger partial charge in [-0.15, -0.1) is 0 Å². The van der Waals surface area contributed by atoms with Crippen molar-refractivity contribution >= 4 is 22.5 Å². The lowest BCUT2D eigenvalue weighted by molar-refractivity contribution is -0.128. The van der Waals surface area contributed by atoms with Gasteiger partial charge in [0.05, 0.1) is 18.5 Å². The Labute approximate surface area is 124 Å². The number of methoxy groups -OCH3 is 1. The minimum Gasteiger partial charge on any atom is -0.497 e. The third kappa shape index (κ3) is 2.20. The molecule has 110 valence electrons. The van der Waals surface area contributed by atoms with Crippen LogP contribution in [0.4, 0.5) is 0 Å². The highest BCUT2D eigenvalue weighted by atomic mass is 16.5. The van der Waals surface area contributed by atoms with Gasteiger partial charge in [0.1, 0.15) is 5.75 Å². The van der Waals surface area contributed by atoms with Gasteiger partial charge >= 0.3 is 0 Å². The summed E-state index contributed by atoms with van der Waals surface area (Å²) in [5.74, 6) is 1.00. The van der Waals surface area contributed by atoms with E-state index >= 15 is 0 Å². The number of rotatable bonds is 3. The van der Waals surface area contributed by atoms with Crippen LogP contribution >= 0.6 is 0 Å². The quantitative estimate of drug-likeness (QED) is 0.939. The van der Waals surface area contributed by atoms with Crippen LogP contribution in [0.15, 0.2) is 24.8 Å². The van der Waals surface area contributed by atoms with Gasteiger partial charge < -0.3 is 14.6 Å². The molecule has 1 N–H and O–H groups in total. The lowest BCUT2D eigenvalue weighted by atomic mass is 10.0. The Morgan fingerprint density at radius 2 is 2.29 bits per heavy atom. The summed E-state index contributed by atoms with van der Waals surface area (Å²) in [4.78, 5) is 17.4. The fourth-order valence-electron chi connectivity index (χ4n) is 2.98. The summed E-state index contributed by atoms with van der Waals surface area (Å²) < 4.78 is 5.30. The van der Waals surface area contributed by atoms with Gasteiger partial charge in [-0.2, -0.15) is 0 Å². The summed E-state index contributed by atoms with van der Waals surface area (Å²) in [6.07, 6.45) is 2.28. The summed E-state index contributed by atoms with van der Waals surface area (Å²) in [6, 6.07) is 5.99. The second-order valence-electron chi connectivity index (χ2n) is 5.38. The SMILES string of the molecule is C=C1c2[nH]c3ccc(OC)cc3c2CCN1C(=O)CCC. The molecule has 0 fully saturated rings. The fourth-order valence-corrected chi connectivity index (χ4v) is 2.98. The first-order valence-corrected chi connectivity index (χ1v) is 7.34. The van der Waals surface area contributed by atoms with Gasteiger partial charge in [0, 0.05) is 23.9 Å². The Hall–Kier alpha value is -2.23. The van der Waals surface area contributed by atoms with Gasteiger partial charge in [-0.05, 0) is 36.6 Å². The number of carbonyl (C=O) groups excluding carboxylic acids is 1. The summed E-state index contributed by atoms with van der Waals surface area (Å²) in [5, 5.41) is 1.16. The predicted molar refractivity (Wildman–Crippen MR) is 84.2 cm³/mol. The average Bonchev–Trinajstić information content (AvgIpc) is 2.86. The van der Waals surface area contributed by atoms with Gasteiger partial charge in [-0.25, -0.2) is 0 Å². The Morgan fingerprint density at radius 3 is 3.00 bits per heavy atom. The number of H-pyrrole nitrogens is 1. The molecule has 1 aromatic heterocycles. The maximum Gasteiger partial charge on any atom is 0.227 e. The Kier molecular flexibility index (Phi) is 3.45. The largest absolute Gasteiger partial charge is 0.497 e. The molecule has 2 heterocycles. The Balaban J connectivity index is 2.02. The van der Waals surface area contributed by atoms with E-state index in [9.17, 15) is 4.79 Å². The number of benzene rings is 1. The highest BCUT2D eigenvalue weighted by Gasteiger charge is 2.27. The van der Waals surface area contributed by atoms with Crippen LogP contribution in [-0.2, 0) is 11.2 Å². The van der Waals surface area contributed by atoms with Gasteiger partial charge in [-0.3, -0.25) is 4.79 Å². The van der Waals surface area contributed by atoms with Gasteiger partial charge in [-0.1, -0.05) is 13.5 Å². The van der Waals surface area contributed by atoms with Crippen LogP contribution in [0.1, 0.15) is 31.0 Å². The van der Waals surface area contributed by atoms with Crippen LogP contribution < -0.4 is 4.74 Å². The Bertz CT molecular complexity index is 715. The number of hydrogen-bond donors (Lipinski definition) is 1. The molecule has 0 bridgehead atoms. The molecule has 1 aliphatic rings. The first-order chi connectivity index (χ1) is 10.2. The van der Waals surface area contributed by atoms with E-state index in [4.69, 9.17) is 4.74 Å². The van der Waals surface area contributed by atoms with Crippen LogP contribution in [0.2, 0.25) is 0 Å². The first kappa shape index (κ1) is 13.7. The topological polar surface area (TPSA) is 45.3 Å². The molecule has 2 aromatic rings. The molecular weight excluding hydrogens is 264 g/mol. The van der Waals surface area contributed by atoms with Gasteiger partial charge in [0.2, 0.25) is 5.91 Å². The van der Waals surface area contributed by atoms with E-state index in [2.05, 4.69) is 11.6 Å². The minimum atomic E-state index is 0.157. The number of nitrogens with one attached hydrogen (secondary N) is 1. The molecule has 1 amide bonds. The normalized spacial score (nSPS) is 14.4. The monoisotopic (exact) mass is 284 g/mol. The number of ether oxygens (including phenoxy) is 1. The summed E-state index contributed by atoms with van der Waals surface area (Å²) >= 11 is 0. The van der Waals surface area contributed by atoms with Crippen LogP contribution in [-0.4, -0.2) is 29.4 Å². The maximum absolute atomic E-state index is 12.2. The van der Waals surface area contributed by atoms with Crippen molar-refractivity contribution in [3.05, 3.63) is 36.0 Å². The van der Waals surface area contributed by atoms with Crippen LogP contribution in [0.5, 0.6) is 5.75 Å². The van der Waals surface area contributed by atoms with Crippen molar-refractivity contribution in [1.82, 2.24) is 9.88 Å². The molecule has 1 aliphatic heterocycles. The summed E-state index contributed by atoms with van der Waals surface area (Å²) in [7, 11) is 1.67. The number of fused-ring (bicyclic) bond motifs is 3. The zero-order valence-corrected chi connectivity index (χ0v) is 12.5. The lowest BCUT2D eigenvalue weighted by Gasteiger charge is -2.29. The molecule has 21 heavy (non-hydrogen) atoms. The molecule has 3 rings (SSSR count). The van der Waals surface area contributed by atoms with Crippen LogP contribution in [0.3, 0.4) is 0 Å². The number of aromatic amines is 1. The van der Waals surface area contributed by atoms with Gasteiger partial charge in [0.15, 0.2) is 0 Å². The number of aromatic nitrogens is 1. The smallest absolute Gasteiger partial charge is 0.227 e. The predicted octanol–water partition coefficient (Wildman–Crippen LogP) is 3.33. The summed E-state index contributed by atoms with van der Waals surface area (Å²) in [6.45, 7) is 6.84. The summed E-state index contributed by atoms with van der Waals surface area (Å²) in [5.41, 5.74) is 4.06. The highest BCUT2D eigenvalue weighted by molar-refractivity contribution is 5.94. The zero-order chi connectivity index (χ0) is 15.0. The fraction of sp³-hybridized carbons (Fsp3) is 0.353. The van der Waals surface area contributed by atoms with Gasteiger partial charge in [0.25, 0.3) is 0 Å². The molecule has 1 aromatic carbocycles. The zero-order valence-electron chi connectivity index (χ0n) is 12.5. The molecule has 0 aliphatic carbocycles. The standard InChI is InChI=1S/C17H20N2O2/c1-4-5-16(20)19-9-8-13-14-10-12(21-3)6-7-15(14)18-17(13)11(19)2/h6-7,10,18H,2,4-5,8-9H2,1,3H3. The molecule has 0 atom stereocenters. The van der Waals surface area contributed by atoms with Crippen molar-refractivity contribution < 1.29 is 9.53 Å². The van der Waals surface area contributed by atoms with E-state index in [0.717, 1.165) is 40.9 Å². The second kappa shape index (κ2) is 5.28. The Morgan fingerprint density at radius 1 is 1.48 bits per heavy atom. The number of hydrogen-bond acceptors (Lipinski definition) is 2. The van der Waals surface area contributed by atoms with Crippen LogP contribution in [0, 0.1) is 0 Å². The van der Waals surface area contributed by atoms with E-state index in [0.29, 0.717) is 13.0 Å². The third-order valence-corrected chi connectivity index (χ3v) is 4.08. The van der Waals surface area contributed by atoms with E-state index in [1.54, 1.807) is 12.0 Å². The first-order valence-electron chi connectivity index (χ1n) is 7.34. The van der Waals surface area contributed by atoms with Crippen molar-refractivity contribution in [3.8, 4) is 5.75 Å². The van der Waals surface area contributed by atoms with Crippen molar-refractivity contribution in [2.75, 3.05) is 13.7 Å². The van der Waals surface area contributed by atoms with E-state index < -0.39 is 0 Å². The van der Waals surface area contributed by atoms with E-state index in [-0.39, 0.29) is 5.91 Å². The van der Waals surface area contributed by atoms with Crippen molar-refractivity contribution in [2.24, 2.45) is 0 Å². The molecule has 0 saturated carbocycles. The van der Waals surface area contributed by atoms with E-state index in [1.165, 1.54) is 5.56 Å². The van der Waals surface area contributed by atoms with E-state index in [1.807, 2.05) is 25.1 Å². The minimum absolute atomic E-state index is 0.157. The van der Waals surface area contributed by atoms with Crippen molar-refractivity contribution in [2.45, 2.75) is 26.2 Å². The third-order valence-electron chi connectivity index (χ3n) is 4.08. The number of carbonyl (C=O) groups is 1. The molecule has 0 saturated heterocycles. The van der Waals surface area contributed by atoms with Crippen LogP contribution in [0.25, 0.3) is 16.6 Å². The average molecular weight is 284 g/mol. The molecule has 0 unspecified atom stereocenters. The second-order valence-corrected chi connectivity index (χ2v) is 5.38. The maximum atomic E-state index is 12.2.